The predicted molar refractivity (Wildman–Crippen MR) is 151 cm³/mol. The fourth-order valence-corrected chi connectivity index (χ4v) is 6.19. The Morgan fingerprint density at radius 1 is 1.23 bits per heavy atom. The van der Waals surface area contributed by atoms with Gasteiger partial charge in [-0.2, -0.15) is 0 Å². The van der Waals surface area contributed by atoms with E-state index in [0.717, 1.165) is 13.9 Å². The van der Waals surface area contributed by atoms with Gasteiger partial charge in [0.15, 0.2) is 0 Å². The van der Waals surface area contributed by atoms with Crippen LogP contribution >= 0.6 is 27.3 Å². The van der Waals surface area contributed by atoms with Crippen LogP contribution < -0.4 is 4.90 Å². The van der Waals surface area contributed by atoms with Crippen molar-refractivity contribution in [2.24, 2.45) is 7.05 Å². The molecule has 1 aliphatic heterocycles. The highest BCUT2D eigenvalue weighted by Gasteiger charge is 2.36. The average molecular weight is 616 g/mol. The van der Waals surface area contributed by atoms with Crippen molar-refractivity contribution >= 4 is 55.2 Å². The molecule has 1 aliphatic rings. The third-order valence-corrected chi connectivity index (χ3v) is 7.96. The first kappa shape index (κ1) is 27.2. The number of hydrogen-bond donors (Lipinski definition) is 0. The number of hydrogen-bond acceptors (Lipinski definition) is 7. The molecule has 39 heavy (non-hydrogen) atoms. The van der Waals surface area contributed by atoms with Crippen LogP contribution in [0.25, 0.3) is 21.3 Å². The van der Waals surface area contributed by atoms with E-state index in [9.17, 15) is 9.59 Å². The van der Waals surface area contributed by atoms with Crippen molar-refractivity contribution in [3.8, 4) is 11.3 Å². The number of aromatic nitrogens is 4. The van der Waals surface area contributed by atoms with Crippen LogP contribution in [-0.2, 0) is 11.8 Å². The summed E-state index contributed by atoms with van der Waals surface area (Å²) in [5, 5.41) is 8.70. The number of pyridine rings is 1. The van der Waals surface area contributed by atoms with Crippen LogP contribution in [0.5, 0.6) is 0 Å². The lowest BCUT2D eigenvalue weighted by atomic mass is 10.0. The van der Waals surface area contributed by atoms with Gasteiger partial charge in [0.1, 0.15) is 22.9 Å². The molecule has 1 atom stereocenters. The lowest BCUT2D eigenvalue weighted by Gasteiger charge is -2.39. The number of rotatable bonds is 4. The Kier molecular flexibility index (Phi) is 7.43. The summed E-state index contributed by atoms with van der Waals surface area (Å²) in [5.74, 6) is -0.781. The second-order valence-electron chi connectivity index (χ2n) is 10.5. The second kappa shape index (κ2) is 10.6. The first-order valence-corrected chi connectivity index (χ1v) is 14.1. The number of piperidine rings is 1. The number of ether oxygens (including phenoxy) is 1. The van der Waals surface area contributed by atoms with E-state index in [2.05, 4.69) is 31.2 Å². The van der Waals surface area contributed by atoms with Gasteiger partial charge in [0.05, 0.1) is 21.6 Å². The number of halogens is 2. The zero-order valence-electron chi connectivity index (χ0n) is 22.0. The Bertz CT molecular complexity index is 1550. The molecule has 1 fully saturated rings. The third kappa shape index (κ3) is 5.81. The summed E-state index contributed by atoms with van der Waals surface area (Å²) in [6.07, 6.45) is 4.15. The number of amides is 2. The fraction of sp³-hybridized carbons (Fsp3) is 0.370. The Hall–Kier alpha value is -3.38. The Morgan fingerprint density at radius 2 is 2.03 bits per heavy atom. The number of carbonyl (C=O) groups is 2. The van der Waals surface area contributed by atoms with Crippen LogP contribution in [0.1, 0.15) is 44.0 Å². The topological polar surface area (TPSA) is 93.5 Å². The Labute approximate surface area is 237 Å². The standard InChI is InChI=1S/C27H28BrFN6O3S/c1-27(2,3)38-26(37)34-11-5-6-17(14-34)35(24-19-13-23(28)39-22(19)9-10-30-24)25(36)18-8-7-16(12-20(18)29)21-15-33(4)32-31-21/h7-10,12-13,15,17H,5-6,11,14H2,1-4H3/t17-/m1/s1. The molecular weight excluding hydrogens is 587 g/mol. The molecule has 2 amide bonds. The molecule has 0 bridgehead atoms. The van der Waals surface area contributed by atoms with Crippen molar-refractivity contribution < 1.29 is 18.7 Å². The van der Waals surface area contributed by atoms with Crippen LogP contribution in [0.15, 0.2) is 46.5 Å². The molecule has 9 nitrogen and oxygen atoms in total. The summed E-state index contributed by atoms with van der Waals surface area (Å²) in [6, 6.07) is 7.76. The molecule has 3 aromatic heterocycles. The maximum absolute atomic E-state index is 15.5. The van der Waals surface area contributed by atoms with E-state index in [1.165, 1.54) is 28.2 Å². The van der Waals surface area contributed by atoms with Gasteiger partial charge in [-0.25, -0.2) is 14.2 Å². The molecule has 12 heteroatoms. The van der Waals surface area contributed by atoms with Crippen LogP contribution in [-0.4, -0.2) is 61.6 Å². The molecule has 204 valence electrons. The largest absolute Gasteiger partial charge is 0.444 e. The highest BCUT2D eigenvalue weighted by Crippen LogP contribution is 2.37. The number of likely N-dealkylation sites (tertiary alicyclic amines) is 1. The van der Waals surface area contributed by atoms with Crippen LogP contribution in [0.4, 0.5) is 15.0 Å². The summed E-state index contributed by atoms with van der Waals surface area (Å²) < 4.78 is 24.5. The minimum Gasteiger partial charge on any atom is -0.444 e. The number of fused-ring (bicyclic) bond motifs is 1. The van der Waals surface area contributed by atoms with Crippen molar-refractivity contribution in [2.45, 2.75) is 45.3 Å². The van der Waals surface area contributed by atoms with Crippen molar-refractivity contribution in [3.63, 3.8) is 0 Å². The second-order valence-corrected chi connectivity index (χ2v) is 12.9. The minimum absolute atomic E-state index is 0.0925. The van der Waals surface area contributed by atoms with Crippen LogP contribution in [0.2, 0.25) is 0 Å². The maximum Gasteiger partial charge on any atom is 0.410 e. The van der Waals surface area contributed by atoms with E-state index < -0.39 is 29.5 Å². The number of anilines is 1. The highest BCUT2D eigenvalue weighted by atomic mass is 79.9. The quantitative estimate of drug-likeness (QED) is 0.278. The van der Waals surface area contributed by atoms with E-state index in [-0.39, 0.29) is 12.1 Å². The summed E-state index contributed by atoms with van der Waals surface area (Å²) in [7, 11) is 1.73. The smallest absolute Gasteiger partial charge is 0.410 e. The molecule has 1 saturated heterocycles. The van der Waals surface area contributed by atoms with Gasteiger partial charge in [0.25, 0.3) is 5.91 Å². The predicted octanol–water partition coefficient (Wildman–Crippen LogP) is 6.04. The molecule has 0 unspecified atom stereocenters. The van der Waals surface area contributed by atoms with Gasteiger partial charge in [0.2, 0.25) is 0 Å². The normalized spacial score (nSPS) is 15.9. The SMILES string of the molecule is Cn1cc(-c2ccc(C(=O)N(c3nccc4sc(Br)cc34)[C@@H]3CCCN(C(=O)OC(C)(C)C)C3)c(F)c2)nn1. The van der Waals surface area contributed by atoms with Crippen LogP contribution in [0, 0.1) is 5.82 Å². The molecule has 4 heterocycles. The van der Waals surface area contributed by atoms with E-state index in [4.69, 9.17) is 4.74 Å². The Balaban J connectivity index is 1.54. The molecular formula is C27H28BrFN6O3S. The molecule has 0 aliphatic carbocycles. The zero-order valence-corrected chi connectivity index (χ0v) is 24.4. The van der Waals surface area contributed by atoms with Gasteiger partial charge in [-0.3, -0.25) is 14.4 Å². The van der Waals surface area contributed by atoms with Crippen molar-refractivity contribution in [2.75, 3.05) is 18.0 Å². The highest BCUT2D eigenvalue weighted by molar-refractivity contribution is 9.11. The first-order valence-electron chi connectivity index (χ1n) is 12.5. The monoisotopic (exact) mass is 614 g/mol. The van der Waals surface area contributed by atoms with E-state index in [0.29, 0.717) is 36.5 Å². The fourth-order valence-electron chi connectivity index (χ4n) is 4.66. The maximum atomic E-state index is 15.5. The van der Waals surface area contributed by atoms with Gasteiger partial charge in [0, 0.05) is 42.0 Å². The van der Waals surface area contributed by atoms with Crippen molar-refractivity contribution in [3.05, 3.63) is 57.9 Å². The van der Waals surface area contributed by atoms with Crippen molar-refractivity contribution in [1.82, 2.24) is 24.9 Å². The van der Waals surface area contributed by atoms with E-state index >= 15 is 4.39 Å². The summed E-state index contributed by atoms with van der Waals surface area (Å²) in [6.45, 7) is 6.19. The van der Waals surface area contributed by atoms with E-state index in [1.807, 2.05) is 32.9 Å². The molecule has 0 N–H and O–H groups in total. The van der Waals surface area contributed by atoms with Gasteiger partial charge in [-0.15, -0.1) is 16.4 Å². The van der Waals surface area contributed by atoms with Gasteiger partial charge < -0.3 is 9.64 Å². The third-order valence-electron chi connectivity index (χ3n) is 6.35. The average Bonchev–Trinajstić information content (AvgIpc) is 3.48. The van der Waals surface area contributed by atoms with Crippen molar-refractivity contribution in [1.29, 1.82) is 0 Å². The minimum atomic E-state index is -0.674. The zero-order chi connectivity index (χ0) is 27.9. The summed E-state index contributed by atoms with van der Waals surface area (Å²) >= 11 is 5.05. The molecule has 1 aromatic carbocycles. The number of thiophene rings is 1. The summed E-state index contributed by atoms with van der Waals surface area (Å²) in [4.78, 5) is 34.8. The van der Waals surface area contributed by atoms with Crippen LogP contribution in [0.3, 0.4) is 0 Å². The molecule has 4 aromatic rings. The van der Waals surface area contributed by atoms with Gasteiger partial charge >= 0.3 is 6.09 Å². The lowest BCUT2D eigenvalue weighted by Crippen LogP contribution is -2.53. The number of benzene rings is 1. The lowest BCUT2D eigenvalue weighted by molar-refractivity contribution is 0.0196. The number of carbonyl (C=O) groups excluding carboxylic acids is 2. The van der Waals surface area contributed by atoms with E-state index in [1.54, 1.807) is 35.3 Å². The molecule has 0 radical (unpaired) electrons. The molecule has 0 spiro atoms. The molecule has 0 saturated carbocycles. The summed E-state index contributed by atoms with van der Waals surface area (Å²) in [5.41, 5.74) is 0.274. The first-order chi connectivity index (χ1) is 18.5. The number of nitrogens with zero attached hydrogens (tertiary/aromatic N) is 6. The Morgan fingerprint density at radius 3 is 2.72 bits per heavy atom. The number of aryl methyl sites for hydroxylation is 1. The van der Waals surface area contributed by atoms with Gasteiger partial charge in [-0.1, -0.05) is 11.3 Å². The van der Waals surface area contributed by atoms with Gasteiger partial charge in [-0.05, 0) is 73.8 Å². The molecule has 5 rings (SSSR count).